The van der Waals surface area contributed by atoms with Crippen molar-refractivity contribution in [1.29, 1.82) is 0 Å². The monoisotopic (exact) mass is 210 g/mol. The van der Waals surface area contributed by atoms with E-state index in [1.165, 1.54) is 0 Å². The van der Waals surface area contributed by atoms with E-state index < -0.39 is 0 Å². The first-order chi connectivity index (χ1) is 7.03. The summed E-state index contributed by atoms with van der Waals surface area (Å²) in [5.41, 5.74) is 6.08. The highest BCUT2D eigenvalue weighted by Gasteiger charge is 2.19. The van der Waals surface area contributed by atoms with Crippen molar-refractivity contribution in [2.45, 2.75) is 38.8 Å². The van der Waals surface area contributed by atoms with Crippen molar-refractivity contribution in [3.63, 3.8) is 0 Å². The van der Waals surface area contributed by atoms with Gasteiger partial charge in [0.15, 0.2) is 0 Å². The summed E-state index contributed by atoms with van der Waals surface area (Å²) < 4.78 is 5.30. The van der Waals surface area contributed by atoms with Crippen molar-refractivity contribution < 1.29 is 4.42 Å². The Labute approximate surface area is 92.2 Å². The molecule has 3 nitrogen and oxygen atoms in total. The molecule has 0 aromatic carbocycles. The van der Waals surface area contributed by atoms with Gasteiger partial charge < -0.3 is 10.2 Å². The van der Waals surface area contributed by atoms with E-state index in [1.807, 2.05) is 12.1 Å². The Kier molecular flexibility index (Phi) is 4.36. The van der Waals surface area contributed by atoms with E-state index in [0.29, 0.717) is 0 Å². The van der Waals surface area contributed by atoms with Crippen LogP contribution >= 0.6 is 0 Å². The molecule has 1 aromatic rings. The summed E-state index contributed by atoms with van der Waals surface area (Å²) >= 11 is 0. The Morgan fingerprint density at radius 3 is 2.80 bits per heavy atom. The lowest BCUT2D eigenvalue weighted by atomic mass is 9.97. The van der Waals surface area contributed by atoms with Crippen LogP contribution in [0.5, 0.6) is 0 Å². The zero-order valence-corrected chi connectivity index (χ0v) is 9.99. The third kappa shape index (κ3) is 4.49. The summed E-state index contributed by atoms with van der Waals surface area (Å²) in [5.74, 6) is 0.991. The second-order valence-electron chi connectivity index (χ2n) is 4.66. The van der Waals surface area contributed by atoms with E-state index in [0.717, 1.165) is 31.7 Å². The Morgan fingerprint density at radius 1 is 1.53 bits per heavy atom. The van der Waals surface area contributed by atoms with Crippen LogP contribution in [0.1, 0.15) is 32.4 Å². The largest absolute Gasteiger partial charge is 0.468 e. The second-order valence-corrected chi connectivity index (χ2v) is 4.66. The van der Waals surface area contributed by atoms with E-state index in [1.54, 1.807) is 6.26 Å². The first-order valence-electron chi connectivity index (χ1n) is 5.53. The number of nitrogens with zero attached hydrogens (tertiary/aromatic N) is 1. The minimum absolute atomic E-state index is 0.101. The first kappa shape index (κ1) is 12.3. The molecule has 0 amide bonds. The predicted molar refractivity (Wildman–Crippen MR) is 62.5 cm³/mol. The quantitative estimate of drug-likeness (QED) is 0.783. The number of furan rings is 1. The van der Waals surface area contributed by atoms with Crippen LogP contribution in [0.25, 0.3) is 0 Å². The smallest absolute Gasteiger partial charge is 0.117 e. The molecule has 0 saturated heterocycles. The minimum atomic E-state index is -0.101. The van der Waals surface area contributed by atoms with Gasteiger partial charge in [-0.05, 0) is 32.5 Å². The average Bonchev–Trinajstić information content (AvgIpc) is 2.54. The lowest BCUT2D eigenvalue weighted by Gasteiger charge is -2.29. The third-order valence-corrected chi connectivity index (χ3v) is 2.46. The number of likely N-dealkylation sites (N-methyl/N-ethyl adjacent to an activating group) is 1. The molecule has 1 aromatic heterocycles. The summed E-state index contributed by atoms with van der Waals surface area (Å²) in [5, 5.41) is 0. The number of hydrogen-bond donors (Lipinski definition) is 1. The fourth-order valence-electron chi connectivity index (χ4n) is 1.99. The topological polar surface area (TPSA) is 42.4 Å². The van der Waals surface area contributed by atoms with Gasteiger partial charge in [0.1, 0.15) is 5.76 Å². The van der Waals surface area contributed by atoms with Gasteiger partial charge in [-0.3, -0.25) is 4.90 Å². The highest BCUT2D eigenvalue weighted by Crippen LogP contribution is 2.12. The molecule has 1 heterocycles. The fraction of sp³-hybridized carbons (Fsp3) is 0.667. The molecule has 1 atom stereocenters. The molecule has 1 rings (SSSR count). The molecular formula is C12H22N2O. The van der Waals surface area contributed by atoms with Crippen LogP contribution in [-0.4, -0.2) is 24.0 Å². The molecule has 15 heavy (non-hydrogen) atoms. The van der Waals surface area contributed by atoms with Crippen molar-refractivity contribution in [2.75, 3.05) is 13.6 Å². The lowest BCUT2D eigenvalue weighted by molar-refractivity contribution is 0.226. The van der Waals surface area contributed by atoms with E-state index in [4.69, 9.17) is 10.2 Å². The summed E-state index contributed by atoms with van der Waals surface area (Å²) in [6.07, 6.45) is 3.88. The van der Waals surface area contributed by atoms with Gasteiger partial charge in [-0.15, -0.1) is 0 Å². The fourth-order valence-corrected chi connectivity index (χ4v) is 1.99. The van der Waals surface area contributed by atoms with Crippen LogP contribution < -0.4 is 5.73 Å². The van der Waals surface area contributed by atoms with Crippen LogP contribution in [0, 0.1) is 0 Å². The molecule has 0 bridgehead atoms. The predicted octanol–water partition coefficient (Wildman–Crippen LogP) is 2.23. The van der Waals surface area contributed by atoms with E-state index in [-0.39, 0.29) is 5.54 Å². The van der Waals surface area contributed by atoms with E-state index in [9.17, 15) is 0 Å². The highest BCUT2D eigenvalue weighted by molar-refractivity contribution is 4.98. The molecule has 0 aliphatic carbocycles. The van der Waals surface area contributed by atoms with Crippen LogP contribution in [0.15, 0.2) is 22.8 Å². The molecular weight excluding hydrogens is 188 g/mol. The van der Waals surface area contributed by atoms with E-state index in [2.05, 4.69) is 25.8 Å². The molecule has 0 fully saturated rings. The molecule has 86 valence electrons. The Bertz CT molecular complexity index is 267. The summed E-state index contributed by atoms with van der Waals surface area (Å²) in [4.78, 5) is 2.20. The molecule has 0 spiro atoms. The standard InChI is InChI=1S/C12H22N2O/c1-4-7-12(2,13)10-14(3)9-11-6-5-8-15-11/h5-6,8H,4,7,9-10,13H2,1-3H3. The van der Waals surface area contributed by atoms with E-state index >= 15 is 0 Å². The minimum Gasteiger partial charge on any atom is -0.468 e. The maximum Gasteiger partial charge on any atom is 0.117 e. The lowest BCUT2D eigenvalue weighted by Crippen LogP contribution is -2.46. The Morgan fingerprint density at radius 2 is 2.27 bits per heavy atom. The van der Waals surface area contributed by atoms with Gasteiger partial charge in [0.25, 0.3) is 0 Å². The van der Waals surface area contributed by atoms with Gasteiger partial charge in [0.05, 0.1) is 12.8 Å². The van der Waals surface area contributed by atoms with Gasteiger partial charge in [-0.1, -0.05) is 13.3 Å². The van der Waals surface area contributed by atoms with Crippen LogP contribution in [0.2, 0.25) is 0 Å². The zero-order valence-electron chi connectivity index (χ0n) is 9.99. The highest BCUT2D eigenvalue weighted by atomic mass is 16.3. The molecule has 3 heteroatoms. The third-order valence-electron chi connectivity index (χ3n) is 2.46. The molecule has 2 N–H and O–H groups in total. The van der Waals surface area contributed by atoms with Crippen molar-refractivity contribution in [2.24, 2.45) is 5.73 Å². The molecule has 0 aliphatic rings. The van der Waals surface area contributed by atoms with Gasteiger partial charge in [-0.2, -0.15) is 0 Å². The summed E-state index contributed by atoms with van der Waals surface area (Å²) in [6.45, 7) is 5.98. The SMILES string of the molecule is CCCC(C)(N)CN(C)Cc1ccco1. The summed E-state index contributed by atoms with van der Waals surface area (Å²) in [6, 6.07) is 3.90. The number of nitrogens with two attached hydrogens (primary N) is 1. The van der Waals surface area contributed by atoms with Crippen molar-refractivity contribution in [3.05, 3.63) is 24.2 Å². The van der Waals surface area contributed by atoms with Gasteiger partial charge >= 0.3 is 0 Å². The molecule has 0 aliphatic heterocycles. The van der Waals surface area contributed by atoms with Gasteiger partial charge in [-0.25, -0.2) is 0 Å². The number of rotatable bonds is 6. The second kappa shape index (κ2) is 5.33. The Hall–Kier alpha value is -0.800. The van der Waals surface area contributed by atoms with Crippen molar-refractivity contribution in [3.8, 4) is 0 Å². The summed E-state index contributed by atoms with van der Waals surface area (Å²) in [7, 11) is 2.07. The molecule has 1 unspecified atom stereocenters. The zero-order chi connectivity index (χ0) is 11.3. The normalized spacial score (nSPS) is 15.5. The molecule has 0 radical (unpaired) electrons. The van der Waals surface area contributed by atoms with Crippen LogP contribution in [0.4, 0.5) is 0 Å². The van der Waals surface area contributed by atoms with Crippen molar-refractivity contribution in [1.82, 2.24) is 4.90 Å². The number of hydrogen-bond acceptors (Lipinski definition) is 3. The maximum atomic E-state index is 6.18. The van der Waals surface area contributed by atoms with Gasteiger partial charge in [0.2, 0.25) is 0 Å². The first-order valence-corrected chi connectivity index (χ1v) is 5.53. The maximum absolute atomic E-state index is 6.18. The van der Waals surface area contributed by atoms with Crippen LogP contribution in [-0.2, 0) is 6.54 Å². The average molecular weight is 210 g/mol. The van der Waals surface area contributed by atoms with Gasteiger partial charge in [0, 0.05) is 12.1 Å². The Balaban J connectivity index is 2.38. The van der Waals surface area contributed by atoms with Crippen molar-refractivity contribution >= 4 is 0 Å². The molecule has 0 saturated carbocycles. The van der Waals surface area contributed by atoms with Crippen LogP contribution in [0.3, 0.4) is 0 Å².